The van der Waals surface area contributed by atoms with E-state index in [-0.39, 0.29) is 11.9 Å². The third-order valence-corrected chi connectivity index (χ3v) is 2.84. The van der Waals surface area contributed by atoms with Gasteiger partial charge in [0.05, 0.1) is 0 Å². The van der Waals surface area contributed by atoms with Crippen LogP contribution in [0.15, 0.2) is 48.5 Å². The average molecular weight is 229 g/mol. The zero-order chi connectivity index (χ0) is 12.3. The molecule has 0 heterocycles. The van der Waals surface area contributed by atoms with Crippen molar-refractivity contribution in [3.05, 3.63) is 65.5 Å². The van der Waals surface area contributed by atoms with Crippen LogP contribution in [-0.2, 0) is 0 Å². The highest BCUT2D eigenvalue weighted by molar-refractivity contribution is 5.47. The normalized spacial score (nSPS) is 12.2. The number of benzene rings is 2. The van der Waals surface area contributed by atoms with Gasteiger partial charge in [0.2, 0.25) is 0 Å². The molecule has 2 aromatic carbocycles. The van der Waals surface area contributed by atoms with Crippen molar-refractivity contribution in [2.45, 2.75) is 19.9 Å². The van der Waals surface area contributed by atoms with E-state index >= 15 is 0 Å². The van der Waals surface area contributed by atoms with Gasteiger partial charge in [0.25, 0.3) is 0 Å². The minimum atomic E-state index is -0.164. The fourth-order valence-corrected chi connectivity index (χ4v) is 1.81. The number of anilines is 1. The molecule has 17 heavy (non-hydrogen) atoms. The van der Waals surface area contributed by atoms with Crippen molar-refractivity contribution in [3.8, 4) is 0 Å². The number of rotatable bonds is 3. The lowest BCUT2D eigenvalue weighted by Crippen LogP contribution is -2.06. The maximum absolute atomic E-state index is 13.1. The van der Waals surface area contributed by atoms with Crippen molar-refractivity contribution in [2.24, 2.45) is 0 Å². The largest absolute Gasteiger partial charge is 0.379 e. The summed E-state index contributed by atoms with van der Waals surface area (Å²) in [6.07, 6.45) is 0. The van der Waals surface area contributed by atoms with Crippen molar-refractivity contribution < 1.29 is 4.39 Å². The zero-order valence-corrected chi connectivity index (χ0v) is 10.1. The molecule has 1 nitrogen and oxygen atoms in total. The molecule has 88 valence electrons. The molecule has 1 atom stereocenters. The average Bonchev–Trinajstić information content (AvgIpc) is 2.35. The Morgan fingerprint density at radius 3 is 2.41 bits per heavy atom. The Kier molecular flexibility index (Phi) is 3.43. The Morgan fingerprint density at radius 2 is 1.76 bits per heavy atom. The minimum absolute atomic E-state index is 0.164. The highest BCUT2D eigenvalue weighted by atomic mass is 19.1. The smallest absolute Gasteiger partial charge is 0.126 e. The Bertz CT molecular complexity index is 494. The predicted molar refractivity (Wildman–Crippen MR) is 69.6 cm³/mol. The molecule has 0 spiro atoms. The summed E-state index contributed by atoms with van der Waals surface area (Å²) in [5.74, 6) is -0.164. The molecule has 0 radical (unpaired) electrons. The van der Waals surface area contributed by atoms with E-state index in [0.29, 0.717) is 5.56 Å². The number of hydrogen-bond donors (Lipinski definition) is 1. The summed E-state index contributed by atoms with van der Waals surface area (Å²) in [4.78, 5) is 0. The van der Waals surface area contributed by atoms with Gasteiger partial charge < -0.3 is 5.32 Å². The van der Waals surface area contributed by atoms with Crippen LogP contribution in [0, 0.1) is 12.7 Å². The van der Waals surface area contributed by atoms with Gasteiger partial charge >= 0.3 is 0 Å². The van der Waals surface area contributed by atoms with E-state index in [9.17, 15) is 4.39 Å². The van der Waals surface area contributed by atoms with Gasteiger partial charge in [-0.25, -0.2) is 4.39 Å². The second kappa shape index (κ2) is 5.00. The first kappa shape index (κ1) is 11.6. The Labute approximate surface area is 101 Å². The SMILES string of the molecule is Cc1cc(NC(C)c2ccccc2)ccc1F. The minimum Gasteiger partial charge on any atom is -0.379 e. The van der Waals surface area contributed by atoms with E-state index in [1.54, 1.807) is 13.0 Å². The van der Waals surface area contributed by atoms with Crippen molar-refractivity contribution in [2.75, 3.05) is 5.32 Å². The van der Waals surface area contributed by atoms with Gasteiger partial charge in [-0.1, -0.05) is 30.3 Å². The topological polar surface area (TPSA) is 12.0 Å². The quantitative estimate of drug-likeness (QED) is 0.827. The highest BCUT2D eigenvalue weighted by Crippen LogP contribution is 2.20. The molecule has 0 amide bonds. The molecule has 0 aliphatic rings. The van der Waals surface area contributed by atoms with E-state index in [4.69, 9.17) is 0 Å². The van der Waals surface area contributed by atoms with E-state index in [2.05, 4.69) is 24.4 Å². The maximum atomic E-state index is 13.1. The Hall–Kier alpha value is -1.83. The van der Waals surface area contributed by atoms with Crippen molar-refractivity contribution in [3.63, 3.8) is 0 Å². The van der Waals surface area contributed by atoms with Crippen LogP contribution in [0.3, 0.4) is 0 Å². The van der Waals surface area contributed by atoms with Crippen molar-refractivity contribution in [1.29, 1.82) is 0 Å². The molecule has 0 aliphatic carbocycles. The summed E-state index contributed by atoms with van der Waals surface area (Å²) in [6.45, 7) is 3.86. The van der Waals surface area contributed by atoms with Gasteiger partial charge in [0.1, 0.15) is 5.82 Å². The first-order chi connectivity index (χ1) is 8.16. The van der Waals surface area contributed by atoms with E-state index in [0.717, 1.165) is 5.69 Å². The van der Waals surface area contributed by atoms with Crippen molar-refractivity contribution in [1.82, 2.24) is 0 Å². The van der Waals surface area contributed by atoms with E-state index < -0.39 is 0 Å². The van der Waals surface area contributed by atoms with Crippen LogP contribution in [0.25, 0.3) is 0 Å². The molecule has 1 N–H and O–H groups in total. The third kappa shape index (κ3) is 2.84. The number of aryl methyl sites for hydroxylation is 1. The maximum Gasteiger partial charge on any atom is 0.126 e. The fourth-order valence-electron chi connectivity index (χ4n) is 1.81. The molecule has 2 aromatic rings. The van der Waals surface area contributed by atoms with Gasteiger partial charge in [0.15, 0.2) is 0 Å². The summed E-state index contributed by atoms with van der Waals surface area (Å²) in [6, 6.07) is 15.5. The summed E-state index contributed by atoms with van der Waals surface area (Å²) in [5, 5.41) is 3.36. The molecule has 0 aliphatic heterocycles. The summed E-state index contributed by atoms with van der Waals surface area (Å²) < 4.78 is 13.1. The molecule has 2 heteroatoms. The number of halogens is 1. The number of nitrogens with one attached hydrogen (secondary N) is 1. The lowest BCUT2D eigenvalue weighted by Gasteiger charge is -2.16. The second-order valence-electron chi connectivity index (χ2n) is 4.24. The van der Waals surface area contributed by atoms with Gasteiger partial charge in [-0.2, -0.15) is 0 Å². The third-order valence-electron chi connectivity index (χ3n) is 2.84. The van der Waals surface area contributed by atoms with E-state index in [1.165, 1.54) is 11.6 Å². The first-order valence-electron chi connectivity index (χ1n) is 5.74. The van der Waals surface area contributed by atoms with Gasteiger partial charge in [-0.3, -0.25) is 0 Å². The Balaban J connectivity index is 2.13. The second-order valence-corrected chi connectivity index (χ2v) is 4.24. The van der Waals surface area contributed by atoms with Crippen LogP contribution in [0.2, 0.25) is 0 Å². The molecule has 0 saturated heterocycles. The lowest BCUT2D eigenvalue weighted by molar-refractivity contribution is 0.618. The summed E-state index contributed by atoms with van der Waals surface area (Å²) in [5.41, 5.74) is 2.82. The van der Waals surface area contributed by atoms with Crippen LogP contribution in [0.4, 0.5) is 10.1 Å². The molecule has 1 unspecified atom stereocenters. The lowest BCUT2D eigenvalue weighted by atomic mass is 10.1. The molecule has 0 saturated carbocycles. The molecule has 0 fully saturated rings. The van der Waals surface area contributed by atoms with E-state index in [1.807, 2.05) is 24.3 Å². The number of hydrogen-bond acceptors (Lipinski definition) is 1. The Morgan fingerprint density at radius 1 is 1.06 bits per heavy atom. The van der Waals surface area contributed by atoms with Gasteiger partial charge in [0, 0.05) is 11.7 Å². The van der Waals surface area contributed by atoms with Crippen LogP contribution in [0.1, 0.15) is 24.1 Å². The zero-order valence-electron chi connectivity index (χ0n) is 10.1. The van der Waals surface area contributed by atoms with Crippen molar-refractivity contribution >= 4 is 5.69 Å². The van der Waals surface area contributed by atoms with Crippen LogP contribution < -0.4 is 5.32 Å². The monoisotopic (exact) mass is 229 g/mol. The molecule has 0 bridgehead atoms. The molecule has 0 aromatic heterocycles. The van der Waals surface area contributed by atoms with Crippen LogP contribution in [0.5, 0.6) is 0 Å². The first-order valence-corrected chi connectivity index (χ1v) is 5.74. The fraction of sp³-hybridized carbons (Fsp3) is 0.200. The predicted octanol–water partition coefficient (Wildman–Crippen LogP) is 4.31. The van der Waals surface area contributed by atoms with Crippen LogP contribution >= 0.6 is 0 Å². The molecular weight excluding hydrogens is 213 g/mol. The summed E-state index contributed by atoms with van der Waals surface area (Å²) in [7, 11) is 0. The highest BCUT2D eigenvalue weighted by Gasteiger charge is 2.05. The van der Waals surface area contributed by atoms with Gasteiger partial charge in [-0.15, -0.1) is 0 Å². The standard InChI is InChI=1S/C15H16FN/c1-11-10-14(8-9-15(11)16)17-12(2)13-6-4-3-5-7-13/h3-10,12,17H,1-2H3. The molecular formula is C15H16FN. The van der Waals surface area contributed by atoms with Crippen LogP contribution in [-0.4, -0.2) is 0 Å². The molecule has 2 rings (SSSR count). The summed E-state index contributed by atoms with van der Waals surface area (Å²) >= 11 is 0. The van der Waals surface area contributed by atoms with Gasteiger partial charge in [-0.05, 0) is 43.2 Å².